The van der Waals surface area contributed by atoms with E-state index < -0.39 is 5.92 Å². The normalized spacial score (nSPS) is 11.7. The molecule has 3 rings (SSSR count). The first-order valence-corrected chi connectivity index (χ1v) is 9.70. The van der Waals surface area contributed by atoms with Crippen LogP contribution in [0.1, 0.15) is 41.2 Å². The molecule has 0 saturated heterocycles. The molecule has 7 nitrogen and oxygen atoms in total. The van der Waals surface area contributed by atoms with Gasteiger partial charge < -0.3 is 19.2 Å². The van der Waals surface area contributed by atoms with E-state index in [1.54, 1.807) is 38.2 Å². The molecule has 0 aliphatic heterocycles. The maximum atomic E-state index is 12.8. The summed E-state index contributed by atoms with van der Waals surface area (Å²) in [7, 11) is 1.67. The number of benzene rings is 2. The molecule has 0 fully saturated rings. The number of oxazole rings is 1. The van der Waals surface area contributed by atoms with Crippen molar-refractivity contribution in [3.8, 4) is 5.75 Å². The van der Waals surface area contributed by atoms with Crippen molar-refractivity contribution >= 4 is 17.6 Å². The van der Waals surface area contributed by atoms with E-state index >= 15 is 0 Å². The minimum absolute atomic E-state index is 0.0668. The van der Waals surface area contributed by atoms with Gasteiger partial charge >= 0.3 is 5.97 Å². The number of ether oxygens (including phenoxy) is 1. The number of carbonyl (C=O) groups is 2. The third kappa shape index (κ3) is 5.26. The van der Waals surface area contributed by atoms with Gasteiger partial charge in [0, 0.05) is 12.7 Å². The number of para-hydroxylation sites is 1. The fourth-order valence-corrected chi connectivity index (χ4v) is 3.10. The van der Waals surface area contributed by atoms with E-state index in [1.807, 2.05) is 30.3 Å². The Hall–Kier alpha value is -3.61. The number of aromatic nitrogens is 1. The number of phenolic OH excluding ortho intramolecular Hbond substituents is 1. The molecule has 0 radical (unpaired) electrons. The van der Waals surface area contributed by atoms with Crippen molar-refractivity contribution in [2.45, 2.75) is 25.7 Å². The second-order valence-electron chi connectivity index (χ2n) is 6.85. The molecule has 7 heteroatoms. The average molecular weight is 408 g/mol. The van der Waals surface area contributed by atoms with Crippen molar-refractivity contribution in [3.05, 3.63) is 78.0 Å². The molecule has 156 valence electrons. The molecule has 0 spiro atoms. The summed E-state index contributed by atoms with van der Waals surface area (Å²) in [5.41, 5.74) is 1.80. The maximum Gasteiger partial charge on any atom is 0.306 e. The Kier molecular flexibility index (Phi) is 6.85. The lowest BCUT2D eigenvalue weighted by atomic mass is 9.96. The van der Waals surface area contributed by atoms with Crippen LogP contribution in [-0.2, 0) is 16.0 Å². The van der Waals surface area contributed by atoms with E-state index in [1.165, 1.54) is 11.2 Å². The Morgan fingerprint density at radius 1 is 1.13 bits per heavy atom. The predicted octanol–water partition coefficient (Wildman–Crippen LogP) is 3.94. The molecule has 1 N–H and O–H groups in total. The largest absolute Gasteiger partial charge is 0.508 e. The smallest absolute Gasteiger partial charge is 0.306 e. The van der Waals surface area contributed by atoms with Gasteiger partial charge in [0.1, 0.15) is 12.0 Å². The van der Waals surface area contributed by atoms with Crippen molar-refractivity contribution in [2.75, 3.05) is 18.6 Å². The third-order valence-electron chi connectivity index (χ3n) is 4.68. The van der Waals surface area contributed by atoms with Gasteiger partial charge in [-0.05, 0) is 43.2 Å². The number of nitrogens with zero attached hydrogens (tertiary/aromatic N) is 2. The van der Waals surface area contributed by atoms with Crippen LogP contribution in [0.25, 0.3) is 0 Å². The number of amides is 1. The van der Waals surface area contributed by atoms with E-state index in [0.717, 1.165) is 11.3 Å². The number of aromatic hydroxyl groups is 1. The van der Waals surface area contributed by atoms with Crippen LogP contribution in [0.15, 0.2) is 65.3 Å². The Morgan fingerprint density at radius 3 is 2.50 bits per heavy atom. The predicted molar refractivity (Wildman–Crippen MR) is 111 cm³/mol. The van der Waals surface area contributed by atoms with Crippen molar-refractivity contribution in [2.24, 2.45) is 0 Å². The van der Waals surface area contributed by atoms with E-state index in [4.69, 9.17) is 9.15 Å². The highest BCUT2D eigenvalue weighted by atomic mass is 16.5. The van der Waals surface area contributed by atoms with E-state index in [0.29, 0.717) is 12.3 Å². The first kappa shape index (κ1) is 21.1. The Morgan fingerprint density at radius 2 is 1.83 bits per heavy atom. The molecule has 1 atom stereocenters. The molecule has 0 bridgehead atoms. The van der Waals surface area contributed by atoms with Crippen LogP contribution in [-0.4, -0.2) is 35.6 Å². The number of hydrogen-bond donors (Lipinski definition) is 1. The number of carbonyl (C=O) groups excluding carboxylic acids is 2. The highest BCUT2D eigenvalue weighted by Gasteiger charge is 2.25. The molecule has 0 aliphatic rings. The minimum Gasteiger partial charge on any atom is -0.508 e. The lowest BCUT2D eigenvalue weighted by molar-refractivity contribution is -0.143. The van der Waals surface area contributed by atoms with Gasteiger partial charge in [-0.15, -0.1) is 0 Å². The number of rotatable bonds is 8. The summed E-state index contributed by atoms with van der Waals surface area (Å²) in [5, 5.41) is 9.49. The van der Waals surface area contributed by atoms with Crippen LogP contribution in [0.3, 0.4) is 0 Å². The minimum atomic E-state index is -0.405. The summed E-state index contributed by atoms with van der Waals surface area (Å²) >= 11 is 0. The van der Waals surface area contributed by atoms with Crippen molar-refractivity contribution < 1.29 is 23.8 Å². The van der Waals surface area contributed by atoms with Gasteiger partial charge in [0.2, 0.25) is 0 Å². The Labute approximate surface area is 174 Å². The van der Waals surface area contributed by atoms with Gasteiger partial charge in [0.15, 0.2) is 11.6 Å². The first-order valence-electron chi connectivity index (χ1n) is 9.70. The molecular formula is C23H24N2O5. The third-order valence-corrected chi connectivity index (χ3v) is 4.68. The summed E-state index contributed by atoms with van der Waals surface area (Å²) in [4.78, 5) is 30.7. The first-order chi connectivity index (χ1) is 14.5. The van der Waals surface area contributed by atoms with Crippen LogP contribution in [0, 0.1) is 0 Å². The van der Waals surface area contributed by atoms with Crippen molar-refractivity contribution in [1.82, 2.24) is 4.98 Å². The molecule has 30 heavy (non-hydrogen) atoms. The number of anilines is 1. The van der Waals surface area contributed by atoms with E-state index in [2.05, 4.69) is 4.98 Å². The van der Waals surface area contributed by atoms with Gasteiger partial charge in [0.05, 0.1) is 18.9 Å². The molecular weight excluding hydrogens is 384 g/mol. The summed E-state index contributed by atoms with van der Waals surface area (Å²) in [6, 6.07) is 15.9. The van der Waals surface area contributed by atoms with Crippen molar-refractivity contribution in [1.29, 1.82) is 0 Å². The highest BCUT2D eigenvalue weighted by molar-refractivity contribution is 6.04. The monoisotopic (exact) mass is 408 g/mol. The molecule has 3 aromatic rings. The molecule has 2 aromatic carbocycles. The van der Waals surface area contributed by atoms with E-state index in [9.17, 15) is 14.7 Å². The van der Waals surface area contributed by atoms with E-state index in [-0.39, 0.29) is 36.3 Å². The molecule has 1 amide bonds. The van der Waals surface area contributed by atoms with Crippen LogP contribution >= 0.6 is 0 Å². The molecule has 1 aromatic heterocycles. The zero-order chi connectivity index (χ0) is 21.5. The van der Waals surface area contributed by atoms with Crippen LogP contribution < -0.4 is 4.90 Å². The zero-order valence-electron chi connectivity index (χ0n) is 16.9. The molecule has 0 aliphatic carbocycles. The van der Waals surface area contributed by atoms with Gasteiger partial charge in [0.25, 0.3) is 5.91 Å². The van der Waals surface area contributed by atoms with Crippen LogP contribution in [0.5, 0.6) is 5.75 Å². The Bertz CT molecular complexity index is 982. The second-order valence-corrected chi connectivity index (χ2v) is 6.85. The molecule has 0 saturated carbocycles. The topological polar surface area (TPSA) is 92.9 Å². The van der Waals surface area contributed by atoms with Gasteiger partial charge in [-0.3, -0.25) is 9.59 Å². The number of esters is 1. The summed E-state index contributed by atoms with van der Waals surface area (Å²) in [5.74, 6) is -0.628. The van der Waals surface area contributed by atoms with Crippen LogP contribution in [0.4, 0.5) is 5.69 Å². The highest BCUT2D eigenvalue weighted by Crippen LogP contribution is 2.26. The Balaban J connectivity index is 1.81. The fraction of sp³-hybridized carbons (Fsp3) is 0.261. The number of phenols is 1. The standard InChI is InChI=1S/C23H24N2O5/c1-3-29-21(27)14-17(13-16-9-11-19(26)12-10-16)22-24-20(15-30-22)23(28)25(2)18-7-5-4-6-8-18/h4-12,15,17,26H,3,13-14H2,1-2H3. The molecule has 1 heterocycles. The lowest BCUT2D eigenvalue weighted by Gasteiger charge is -2.15. The van der Waals surface area contributed by atoms with Gasteiger partial charge in [-0.25, -0.2) is 4.98 Å². The number of hydrogen-bond acceptors (Lipinski definition) is 6. The summed E-state index contributed by atoms with van der Waals surface area (Å²) in [6.45, 7) is 2.02. The second kappa shape index (κ2) is 9.73. The van der Waals surface area contributed by atoms with Gasteiger partial charge in [-0.1, -0.05) is 30.3 Å². The quantitative estimate of drug-likeness (QED) is 0.568. The summed E-state index contributed by atoms with van der Waals surface area (Å²) in [6.07, 6.45) is 1.82. The average Bonchev–Trinajstić information content (AvgIpc) is 3.25. The fourth-order valence-electron chi connectivity index (χ4n) is 3.10. The maximum absolute atomic E-state index is 12.8. The van der Waals surface area contributed by atoms with Crippen LogP contribution in [0.2, 0.25) is 0 Å². The zero-order valence-corrected chi connectivity index (χ0v) is 16.9. The van der Waals surface area contributed by atoms with Gasteiger partial charge in [-0.2, -0.15) is 0 Å². The molecule has 1 unspecified atom stereocenters. The summed E-state index contributed by atoms with van der Waals surface area (Å²) < 4.78 is 10.7. The SMILES string of the molecule is CCOC(=O)CC(Cc1ccc(O)cc1)c1nc(C(=O)N(C)c2ccccc2)co1. The van der Waals surface area contributed by atoms with Crippen molar-refractivity contribution in [3.63, 3.8) is 0 Å². The lowest BCUT2D eigenvalue weighted by Crippen LogP contribution is -2.26.